The summed E-state index contributed by atoms with van der Waals surface area (Å²) in [6, 6.07) is 4.71. The van der Waals surface area contributed by atoms with Crippen LogP contribution in [0, 0.1) is 25.2 Å². The van der Waals surface area contributed by atoms with Gasteiger partial charge in [-0.3, -0.25) is 14.4 Å². The maximum Gasteiger partial charge on any atom is 0.408 e. The van der Waals surface area contributed by atoms with Crippen molar-refractivity contribution in [1.29, 1.82) is 5.26 Å². The zero-order chi connectivity index (χ0) is 27.1. The highest BCUT2D eigenvalue weighted by Crippen LogP contribution is 2.29. The number of benzene rings is 1. The molecule has 0 aliphatic rings. The van der Waals surface area contributed by atoms with Crippen LogP contribution in [0.5, 0.6) is 0 Å². The molecule has 0 heterocycles. The van der Waals surface area contributed by atoms with Crippen molar-refractivity contribution in [3.05, 3.63) is 34.9 Å². The molecule has 0 radical (unpaired) electrons. The van der Waals surface area contributed by atoms with Crippen LogP contribution in [0.1, 0.15) is 70.7 Å². The molecule has 1 aromatic rings. The quantitative estimate of drug-likeness (QED) is 0.478. The normalized spacial score (nSPS) is 13.1. The van der Waals surface area contributed by atoms with Crippen LogP contribution in [0.3, 0.4) is 0 Å². The van der Waals surface area contributed by atoms with Crippen molar-refractivity contribution in [2.24, 2.45) is 5.73 Å². The average molecular weight is 488 g/mol. The third-order valence-corrected chi connectivity index (χ3v) is 4.79. The summed E-state index contributed by atoms with van der Waals surface area (Å²) in [7, 11) is 0. The Balaban J connectivity index is 3.60. The van der Waals surface area contributed by atoms with Gasteiger partial charge in [-0.25, -0.2) is 4.79 Å². The van der Waals surface area contributed by atoms with Gasteiger partial charge in [0.25, 0.3) is 0 Å². The summed E-state index contributed by atoms with van der Waals surface area (Å²) in [5.41, 5.74) is 5.88. The van der Waals surface area contributed by atoms with Gasteiger partial charge < -0.3 is 26.0 Å². The number of alkyl carbamates (subject to hydrolysis) is 1. The lowest BCUT2D eigenvalue weighted by Crippen LogP contribution is -2.55. The van der Waals surface area contributed by atoms with Gasteiger partial charge in [0, 0.05) is 5.54 Å². The Hall–Kier alpha value is -3.61. The van der Waals surface area contributed by atoms with E-state index in [1.54, 1.807) is 67.5 Å². The molecule has 0 saturated heterocycles. The van der Waals surface area contributed by atoms with Crippen molar-refractivity contribution in [2.45, 2.75) is 85.0 Å². The first-order chi connectivity index (χ1) is 16.0. The molecule has 0 aromatic heterocycles. The third-order valence-electron chi connectivity index (χ3n) is 4.79. The fourth-order valence-corrected chi connectivity index (χ4v) is 3.55. The van der Waals surface area contributed by atoms with Gasteiger partial charge >= 0.3 is 6.09 Å². The molecule has 1 rings (SSSR count). The number of hydrogen-bond donors (Lipinski definition) is 3. The molecule has 2 atom stereocenters. The van der Waals surface area contributed by atoms with Crippen LogP contribution in [-0.4, -0.2) is 52.4 Å². The summed E-state index contributed by atoms with van der Waals surface area (Å²) in [5.74, 6) is -2.17. The van der Waals surface area contributed by atoms with Crippen molar-refractivity contribution in [1.82, 2.24) is 15.5 Å². The van der Waals surface area contributed by atoms with E-state index < -0.39 is 60.0 Å². The van der Waals surface area contributed by atoms with E-state index in [9.17, 15) is 24.4 Å². The summed E-state index contributed by atoms with van der Waals surface area (Å²) < 4.78 is 5.22. The second kappa shape index (κ2) is 11.7. The second-order valence-electron chi connectivity index (χ2n) is 10.4. The summed E-state index contributed by atoms with van der Waals surface area (Å²) in [6.45, 7) is 13.5. The highest BCUT2D eigenvalue weighted by atomic mass is 16.6. The number of ether oxygens (including phenoxy) is 1. The number of nitrogens with one attached hydrogen (secondary N) is 2. The van der Waals surface area contributed by atoms with Gasteiger partial charge in [-0.2, -0.15) is 5.26 Å². The Morgan fingerprint density at radius 3 is 2.06 bits per heavy atom. The van der Waals surface area contributed by atoms with Crippen molar-refractivity contribution in [3.8, 4) is 6.07 Å². The van der Waals surface area contributed by atoms with E-state index in [1.165, 1.54) is 0 Å². The van der Waals surface area contributed by atoms with Gasteiger partial charge in [0.1, 0.15) is 24.2 Å². The van der Waals surface area contributed by atoms with Crippen LogP contribution < -0.4 is 16.4 Å². The molecule has 2 unspecified atom stereocenters. The minimum absolute atomic E-state index is 0.472. The first-order valence-corrected chi connectivity index (χ1v) is 11.3. The van der Waals surface area contributed by atoms with E-state index in [0.29, 0.717) is 5.56 Å². The van der Waals surface area contributed by atoms with Crippen molar-refractivity contribution >= 4 is 23.8 Å². The van der Waals surface area contributed by atoms with Crippen LogP contribution in [0.25, 0.3) is 0 Å². The highest BCUT2D eigenvalue weighted by molar-refractivity contribution is 5.95. The number of rotatable bonds is 8. The molecule has 35 heavy (non-hydrogen) atoms. The Kier molecular flexibility index (Phi) is 9.83. The van der Waals surface area contributed by atoms with Gasteiger partial charge in [-0.05, 0) is 72.1 Å². The first-order valence-electron chi connectivity index (χ1n) is 11.3. The summed E-state index contributed by atoms with van der Waals surface area (Å²) in [4.78, 5) is 52.4. The van der Waals surface area contributed by atoms with Crippen molar-refractivity contribution < 1.29 is 23.9 Å². The van der Waals surface area contributed by atoms with Crippen LogP contribution in [0.15, 0.2) is 18.2 Å². The van der Waals surface area contributed by atoms with E-state index in [-0.39, 0.29) is 0 Å². The SMILES string of the molecule is Cc1cccc(C)c1C(C(=O)NC(C)(C)C)N(CC#N)C(=O)C(CC(N)=O)NC(=O)OC(C)(C)C. The first kappa shape index (κ1) is 29.4. The number of hydrogen-bond acceptors (Lipinski definition) is 6. The Bertz CT molecular complexity index is 981. The zero-order valence-electron chi connectivity index (χ0n) is 21.8. The molecule has 10 heteroatoms. The number of nitrogens with two attached hydrogens (primary N) is 1. The van der Waals surface area contributed by atoms with Gasteiger partial charge in [0.15, 0.2) is 0 Å². The molecule has 0 saturated carbocycles. The Labute approximate surface area is 207 Å². The molecule has 0 fully saturated rings. The third kappa shape index (κ3) is 9.27. The molecular formula is C25H37N5O5. The predicted molar refractivity (Wildman–Crippen MR) is 131 cm³/mol. The topological polar surface area (TPSA) is 155 Å². The van der Waals surface area contributed by atoms with E-state index in [0.717, 1.165) is 16.0 Å². The number of amides is 4. The summed E-state index contributed by atoms with van der Waals surface area (Å²) >= 11 is 0. The Morgan fingerprint density at radius 1 is 1.09 bits per heavy atom. The summed E-state index contributed by atoms with van der Waals surface area (Å²) in [6.07, 6.45) is -1.47. The maximum absolute atomic E-state index is 13.7. The van der Waals surface area contributed by atoms with Gasteiger partial charge in [0.05, 0.1) is 12.5 Å². The molecule has 4 amide bonds. The predicted octanol–water partition coefficient (Wildman–Crippen LogP) is 2.38. The lowest BCUT2D eigenvalue weighted by Gasteiger charge is -2.35. The number of primary amides is 1. The van der Waals surface area contributed by atoms with E-state index in [1.807, 2.05) is 12.1 Å². The van der Waals surface area contributed by atoms with Crippen LogP contribution in [-0.2, 0) is 19.1 Å². The molecule has 0 spiro atoms. The molecule has 1 aromatic carbocycles. The minimum atomic E-state index is -1.44. The molecule has 0 aliphatic heterocycles. The Morgan fingerprint density at radius 2 is 1.63 bits per heavy atom. The standard InChI is InChI=1S/C25H37N5O5/c1-15-10-9-11-16(2)19(15)20(21(32)29-24(3,4)5)30(13-12-26)22(33)17(14-18(27)31)28-23(34)35-25(6,7)8/h9-11,17,20H,13-14H2,1-8H3,(H2,27,31)(H,28,34)(H,29,32). The lowest BCUT2D eigenvalue weighted by molar-refractivity contribution is -0.143. The van der Waals surface area contributed by atoms with Gasteiger partial charge in [0.2, 0.25) is 17.7 Å². The number of carbonyl (C=O) groups is 4. The molecule has 10 nitrogen and oxygen atoms in total. The van der Waals surface area contributed by atoms with Crippen molar-refractivity contribution in [3.63, 3.8) is 0 Å². The highest BCUT2D eigenvalue weighted by Gasteiger charge is 2.39. The van der Waals surface area contributed by atoms with E-state index >= 15 is 0 Å². The monoisotopic (exact) mass is 487 g/mol. The van der Waals surface area contributed by atoms with E-state index in [2.05, 4.69) is 10.6 Å². The molecule has 0 bridgehead atoms. The average Bonchev–Trinajstić information content (AvgIpc) is 2.65. The smallest absolute Gasteiger partial charge is 0.408 e. The minimum Gasteiger partial charge on any atom is -0.444 e. The van der Waals surface area contributed by atoms with E-state index in [4.69, 9.17) is 10.5 Å². The van der Waals surface area contributed by atoms with Crippen LogP contribution in [0.2, 0.25) is 0 Å². The lowest BCUT2D eigenvalue weighted by atomic mass is 9.92. The number of carbonyl (C=O) groups excluding carboxylic acids is 4. The van der Waals surface area contributed by atoms with Gasteiger partial charge in [-0.1, -0.05) is 18.2 Å². The largest absolute Gasteiger partial charge is 0.444 e. The number of nitrogens with zero attached hydrogens (tertiary/aromatic N) is 2. The number of nitriles is 1. The van der Waals surface area contributed by atoms with Crippen LogP contribution >= 0.6 is 0 Å². The fraction of sp³-hybridized carbons (Fsp3) is 0.560. The second-order valence-corrected chi connectivity index (χ2v) is 10.4. The zero-order valence-corrected chi connectivity index (χ0v) is 21.8. The van der Waals surface area contributed by atoms with Crippen molar-refractivity contribution in [2.75, 3.05) is 6.54 Å². The fourth-order valence-electron chi connectivity index (χ4n) is 3.55. The van der Waals surface area contributed by atoms with Gasteiger partial charge in [-0.15, -0.1) is 0 Å². The maximum atomic E-state index is 13.7. The molecule has 0 aliphatic carbocycles. The molecule has 4 N–H and O–H groups in total. The number of aryl methyl sites for hydroxylation is 2. The molecular weight excluding hydrogens is 450 g/mol. The van der Waals surface area contributed by atoms with Crippen LogP contribution in [0.4, 0.5) is 4.79 Å². The summed E-state index contributed by atoms with van der Waals surface area (Å²) in [5, 5.41) is 14.8. The molecule has 192 valence electrons.